The molecule has 0 saturated heterocycles. The average molecular weight is 278 g/mol. The van der Waals surface area contributed by atoms with Crippen molar-refractivity contribution in [1.82, 2.24) is 0 Å². The van der Waals surface area contributed by atoms with Crippen LogP contribution in [0.1, 0.15) is 16.7 Å². The molecule has 0 saturated carbocycles. The van der Waals surface area contributed by atoms with Crippen molar-refractivity contribution in [1.29, 1.82) is 0 Å². The first kappa shape index (κ1) is 14.0. The minimum atomic E-state index is -0.276. The second-order valence-electron chi connectivity index (χ2n) is 4.89. The van der Waals surface area contributed by atoms with Gasteiger partial charge in [0.05, 0.1) is 0 Å². The van der Waals surface area contributed by atoms with E-state index in [0.29, 0.717) is 11.4 Å². The Labute approximate surface area is 118 Å². The second kappa shape index (κ2) is 6.18. The molecule has 0 heterocycles. The van der Waals surface area contributed by atoms with Gasteiger partial charge in [0.25, 0.3) is 0 Å². The van der Waals surface area contributed by atoms with Gasteiger partial charge in [-0.25, -0.2) is 4.39 Å². The van der Waals surface area contributed by atoms with Gasteiger partial charge in [0.15, 0.2) is 0 Å². The van der Waals surface area contributed by atoms with Crippen molar-refractivity contribution in [3.05, 3.63) is 70.0 Å². The Balaban J connectivity index is 2.02. The zero-order valence-electron chi connectivity index (χ0n) is 10.9. The highest BCUT2D eigenvalue weighted by Gasteiger charge is 2.09. The molecule has 1 unspecified atom stereocenters. The molecule has 2 aromatic rings. The molecule has 100 valence electrons. The van der Waals surface area contributed by atoms with Gasteiger partial charge in [0.2, 0.25) is 0 Å². The molecular formula is C16H17ClFN. The Morgan fingerprint density at radius 1 is 1.11 bits per heavy atom. The summed E-state index contributed by atoms with van der Waals surface area (Å²) < 4.78 is 13.2. The quantitative estimate of drug-likeness (QED) is 0.901. The maximum atomic E-state index is 13.2. The van der Waals surface area contributed by atoms with Crippen LogP contribution in [-0.4, -0.2) is 6.04 Å². The van der Waals surface area contributed by atoms with Crippen LogP contribution in [0, 0.1) is 12.7 Å². The maximum absolute atomic E-state index is 13.2. The Hall–Kier alpha value is -1.38. The molecule has 19 heavy (non-hydrogen) atoms. The van der Waals surface area contributed by atoms with E-state index in [2.05, 4.69) is 31.2 Å². The highest BCUT2D eigenvalue weighted by atomic mass is 35.5. The fraction of sp³-hybridized carbons (Fsp3) is 0.250. The molecule has 2 rings (SSSR count). The largest absolute Gasteiger partial charge is 0.327 e. The van der Waals surface area contributed by atoms with E-state index >= 15 is 0 Å². The first-order chi connectivity index (χ1) is 9.04. The number of halogens is 2. The lowest BCUT2D eigenvalue weighted by atomic mass is 9.99. The molecule has 2 aromatic carbocycles. The van der Waals surface area contributed by atoms with E-state index in [1.807, 2.05) is 0 Å². The molecule has 0 amide bonds. The first-order valence-corrected chi connectivity index (χ1v) is 6.67. The fourth-order valence-electron chi connectivity index (χ4n) is 2.08. The number of aryl methyl sites for hydroxylation is 1. The predicted octanol–water partition coefficient (Wildman–Crippen LogP) is 3.90. The van der Waals surface area contributed by atoms with Crippen molar-refractivity contribution in [3.8, 4) is 0 Å². The van der Waals surface area contributed by atoms with Crippen LogP contribution in [0.25, 0.3) is 0 Å². The zero-order valence-corrected chi connectivity index (χ0v) is 11.6. The molecular weight excluding hydrogens is 261 g/mol. The molecule has 0 aliphatic carbocycles. The maximum Gasteiger partial charge on any atom is 0.123 e. The van der Waals surface area contributed by atoms with Crippen LogP contribution in [0.4, 0.5) is 4.39 Å². The lowest BCUT2D eigenvalue weighted by Gasteiger charge is -2.13. The highest BCUT2D eigenvalue weighted by Crippen LogP contribution is 2.19. The summed E-state index contributed by atoms with van der Waals surface area (Å²) >= 11 is 6.04. The number of nitrogens with two attached hydrogens (primary N) is 1. The molecule has 2 N–H and O–H groups in total. The van der Waals surface area contributed by atoms with E-state index in [1.165, 1.54) is 23.3 Å². The van der Waals surface area contributed by atoms with Gasteiger partial charge < -0.3 is 5.73 Å². The van der Waals surface area contributed by atoms with Crippen molar-refractivity contribution < 1.29 is 4.39 Å². The normalized spacial score (nSPS) is 12.4. The molecule has 3 heteroatoms. The Morgan fingerprint density at radius 3 is 2.47 bits per heavy atom. The van der Waals surface area contributed by atoms with Crippen molar-refractivity contribution in [3.63, 3.8) is 0 Å². The third kappa shape index (κ3) is 4.05. The van der Waals surface area contributed by atoms with Crippen LogP contribution in [0.3, 0.4) is 0 Å². The summed E-state index contributed by atoms with van der Waals surface area (Å²) in [6.45, 7) is 2.05. The van der Waals surface area contributed by atoms with Crippen LogP contribution >= 0.6 is 11.6 Å². The summed E-state index contributed by atoms with van der Waals surface area (Å²) in [7, 11) is 0. The summed E-state index contributed by atoms with van der Waals surface area (Å²) in [4.78, 5) is 0. The van der Waals surface area contributed by atoms with Gasteiger partial charge in [-0.15, -0.1) is 0 Å². The van der Waals surface area contributed by atoms with Crippen molar-refractivity contribution in [2.24, 2.45) is 5.73 Å². The van der Waals surface area contributed by atoms with E-state index in [1.54, 1.807) is 6.07 Å². The average Bonchev–Trinajstić information content (AvgIpc) is 2.37. The first-order valence-electron chi connectivity index (χ1n) is 6.29. The van der Waals surface area contributed by atoms with Crippen LogP contribution in [0.15, 0.2) is 42.5 Å². The summed E-state index contributed by atoms with van der Waals surface area (Å²) in [6.07, 6.45) is 1.33. The summed E-state index contributed by atoms with van der Waals surface area (Å²) in [5, 5.41) is 0.570. The van der Waals surface area contributed by atoms with Gasteiger partial charge in [-0.3, -0.25) is 0 Å². The Bertz CT molecular complexity index is 551. The van der Waals surface area contributed by atoms with E-state index in [4.69, 9.17) is 17.3 Å². The van der Waals surface area contributed by atoms with Gasteiger partial charge in [0, 0.05) is 11.1 Å². The van der Waals surface area contributed by atoms with Crippen molar-refractivity contribution in [2.45, 2.75) is 25.8 Å². The van der Waals surface area contributed by atoms with Gasteiger partial charge in [-0.05, 0) is 49.1 Å². The molecule has 0 aliphatic rings. The number of benzene rings is 2. The van der Waals surface area contributed by atoms with Gasteiger partial charge in [-0.1, -0.05) is 41.4 Å². The van der Waals surface area contributed by atoms with E-state index < -0.39 is 0 Å². The molecule has 0 fully saturated rings. The van der Waals surface area contributed by atoms with Crippen LogP contribution in [-0.2, 0) is 12.8 Å². The van der Waals surface area contributed by atoms with E-state index in [-0.39, 0.29) is 11.9 Å². The van der Waals surface area contributed by atoms with Crippen LogP contribution in [0.5, 0.6) is 0 Å². The smallest absolute Gasteiger partial charge is 0.123 e. The molecule has 0 bridgehead atoms. The third-order valence-corrected chi connectivity index (χ3v) is 3.48. The molecule has 1 atom stereocenters. The Kier molecular flexibility index (Phi) is 4.56. The summed E-state index contributed by atoms with van der Waals surface area (Å²) in [5.41, 5.74) is 9.29. The molecule has 1 nitrogen and oxygen atoms in total. The number of hydrogen-bond donors (Lipinski definition) is 1. The van der Waals surface area contributed by atoms with Gasteiger partial charge in [0.1, 0.15) is 5.82 Å². The van der Waals surface area contributed by atoms with Gasteiger partial charge >= 0.3 is 0 Å². The van der Waals surface area contributed by atoms with E-state index in [9.17, 15) is 4.39 Å². The predicted molar refractivity (Wildman–Crippen MR) is 78.0 cm³/mol. The second-order valence-corrected chi connectivity index (χ2v) is 5.30. The zero-order chi connectivity index (χ0) is 13.8. The van der Waals surface area contributed by atoms with Crippen molar-refractivity contribution in [2.75, 3.05) is 0 Å². The SMILES string of the molecule is Cc1ccc(CC(N)Cc2cc(F)ccc2Cl)cc1. The molecule has 0 radical (unpaired) electrons. The lowest BCUT2D eigenvalue weighted by Crippen LogP contribution is -2.25. The summed E-state index contributed by atoms with van der Waals surface area (Å²) in [6, 6.07) is 12.6. The monoisotopic (exact) mass is 277 g/mol. The standard InChI is InChI=1S/C16H17ClFN/c1-11-2-4-12(5-3-11)8-15(19)10-13-9-14(18)6-7-16(13)17/h2-7,9,15H,8,10,19H2,1H3. The lowest BCUT2D eigenvalue weighted by molar-refractivity contribution is 0.618. The fourth-order valence-corrected chi connectivity index (χ4v) is 2.28. The highest BCUT2D eigenvalue weighted by molar-refractivity contribution is 6.31. The van der Waals surface area contributed by atoms with Crippen molar-refractivity contribution >= 4 is 11.6 Å². The number of hydrogen-bond acceptors (Lipinski definition) is 1. The van der Waals surface area contributed by atoms with Crippen LogP contribution in [0.2, 0.25) is 5.02 Å². The molecule has 0 aromatic heterocycles. The third-order valence-electron chi connectivity index (χ3n) is 3.11. The summed E-state index contributed by atoms with van der Waals surface area (Å²) in [5.74, 6) is -0.276. The minimum Gasteiger partial charge on any atom is -0.327 e. The topological polar surface area (TPSA) is 26.0 Å². The Morgan fingerprint density at radius 2 is 1.79 bits per heavy atom. The number of rotatable bonds is 4. The molecule has 0 aliphatic heterocycles. The minimum absolute atomic E-state index is 0.0676. The van der Waals surface area contributed by atoms with Gasteiger partial charge in [-0.2, -0.15) is 0 Å². The van der Waals surface area contributed by atoms with Crippen LogP contribution < -0.4 is 5.73 Å². The molecule has 0 spiro atoms. The van der Waals surface area contributed by atoms with E-state index in [0.717, 1.165) is 12.0 Å².